The summed E-state index contributed by atoms with van der Waals surface area (Å²) < 4.78 is 0. The second-order valence-corrected chi connectivity index (χ2v) is 8.66. The summed E-state index contributed by atoms with van der Waals surface area (Å²) in [7, 11) is -0.717. The van der Waals surface area contributed by atoms with E-state index in [4.69, 9.17) is 9.97 Å². The molecule has 0 aliphatic rings. The van der Waals surface area contributed by atoms with Gasteiger partial charge in [-0.15, -0.1) is 0 Å². The smallest absolute Gasteiger partial charge is 0.0702 e. The van der Waals surface area contributed by atoms with Crippen LogP contribution in [0.25, 0.3) is 21.8 Å². The van der Waals surface area contributed by atoms with Crippen molar-refractivity contribution in [1.82, 2.24) is 9.97 Å². The van der Waals surface area contributed by atoms with Crippen molar-refractivity contribution in [3.05, 3.63) is 103 Å². The summed E-state index contributed by atoms with van der Waals surface area (Å²) >= 11 is 0. The Morgan fingerprint density at radius 2 is 0.963 bits per heavy atom. The van der Waals surface area contributed by atoms with Crippen LogP contribution in [0.5, 0.6) is 0 Å². The van der Waals surface area contributed by atoms with Gasteiger partial charge in [-0.25, -0.2) is 0 Å². The van der Waals surface area contributed by atoms with Gasteiger partial charge >= 0.3 is 0 Å². The highest BCUT2D eigenvalue weighted by Gasteiger charge is 2.18. The van der Waals surface area contributed by atoms with E-state index in [1.54, 1.807) is 0 Å². The normalized spacial score (nSPS) is 11.3. The fraction of sp³-hybridized carbons (Fsp3) is 0. The highest BCUT2D eigenvalue weighted by atomic mass is 31.1. The molecule has 5 rings (SSSR count). The molecule has 0 saturated carbocycles. The molecule has 2 nitrogen and oxygen atoms in total. The standard InChI is InChI=1S/C24H17N2P/c1-2-10-20(11-3-1)27(21-14-18-8-4-6-12-23(18)25-16-21)22-15-19-9-5-7-13-24(19)26-17-22/h1-17H. The second kappa shape index (κ2) is 6.90. The fourth-order valence-corrected chi connectivity index (χ4v) is 5.64. The molecular formula is C24H17N2P. The molecule has 2 aromatic heterocycles. The van der Waals surface area contributed by atoms with Crippen molar-refractivity contribution in [3.63, 3.8) is 0 Å². The van der Waals surface area contributed by atoms with Gasteiger partial charge in [0.15, 0.2) is 0 Å². The minimum atomic E-state index is -0.717. The zero-order valence-electron chi connectivity index (χ0n) is 14.7. The quantitative estimate of drug-likeness (QED) is 0.439. The van der Waals surface area contributed by atoms with Gasteiger partial charge in [-0.05, 0) is 37.5 Å². The summed E-state index contributed by atoms with van der Waals surface area (Å²) in [6, 6.07) is 31.8. The Hall–Kier alpha value is -3.09. The van der Waals surface area contributed by atoms with Crippen molar-refractivity contribution < 1.29 is 0 Å². The second-order valence-electron chi connectivity index (χ2n) is 6.44. The monoisotopic (exact) mass is 364 g/mol. The lowest BCUT2D eigenvalue weighted by molar-refractivity contribution is 1.43. The van der Waals surface area contributed by atoms with Crippen LogP contribution in [-0.4, -0.2) is 9.97 Å². The molecule has 0 spiro atoms. The average Bonchev–Trinajstić information content (AvgIpc) is 2.74. The van der Waals surface area contributed by atoms with Gasteiger partial charge in [-0.1, -0.05) is 66.7 Å². The number of nitrogens with zero attached hydrogens (tertiary/aromatic N) is 2. The fourth-order valence-electron chi connectivity index (χ4n) is 3.39. The van der Waals surface area contributed by atoms with Crippen LogP contribution in [0.1, 0.15) is 0 Å². The van der Waals surface area contributed by atoms with Crippen LogP contribution in [0.15, 0.2) is 103 Å². The van der Waals surface area contributed by atoms with Gasteiger partial charge in [0.05, 0.1) is 11.0 Å². The van der Waals surface area contributed by atoms with Crippen LogP contribution >= 0.6 is 7.92 Å². The zero-order chi connectivity index (χ0) is 18.1. The Balaban J connectivity index is 1.72. The maximum absolute atomic E-state index is 4.71. The largest absolute Gasteiger partial charge is 0.256 e. The first kappa shape index (κ1) is 16.1. The third kappa shape index (κ3) is 3.09. The van der Waals surface area contributed by atoms with Crippen molar-refractivity contribution in [3.8, 4) is 0 Å². The van der Waals surface area contributed by atoms with Crippen LogP contribution in [0, 0.1) is 0 Å². The van der Waals surface area contributed by atoms with Crippen LogP contribution in [0.3, 0.4) is 0 Å². The topological polar surface area (TPSA) is 25.8 Å². The van der Waals surface area contributed by atoms with Gasteiger partial charge in [-0.2, -0.15) is 0 Å². The van der Waals surface area contributed by atoms with Crippen molar-refractivity contribution in [2.45, 2.75) is 0 Å². The molecule has 0 bridgehead atoms. The van der Waals surface area contributed by atoms with Crippen LogP contribution in [0.4, 0.5) is 0 Å². The third-order valence-electron chi connectivity index (χ3n) is 4.68. The summed E-state index contributed by atoms with van der Waals surface area (Å²) in [5.74, 6) is 0. The Kier molecular flexibility index (Phi) is 4.12. The molecule has 0 unspecified atom stereocenters. The minimum Gasteiger partial charge on any atom is -0.256 e. The number of pyridine rings is 2. The SMILES string of the molecule is c1ccc(P(c2cnc3ccccc3c2)c2cnc3ccccc3c2)cc1. The predicted molar refractivity (Wildman–Crippen MR) is 116 cm³/mol. The van der Waals surface area contributed by atoms with Crippen molar-refractivity contribution in [2.24, 2.45) is 0 Å². The molecule has 3 heteroatoms. The van der Waals surface area contributed by atoms with E-state index in [9.17, 15) is 0 Å². The summed E-state index contributed by atoms with van der Waals surface area (Å²) in [6.45, 7) is 0. The van der Waals surface area contributed by atoms with Gasteiger partial charge in [0.25, 0.3) is 0 Å². The molecular weight excluding hydrogens is 347 g/mol. The average molecular weight is 364 g/mol. The van der Waals surface area contributed by atoms with Crippen molar-refractivity contribution >= 4 is 45.6 Å². The van der Waals surface area contributed by atoms with E-state index < -0.39 is 7.92 Å². The molecule has 0 saturated heterocycles. The molecule has 0 aliphatic heterocycles. The van der Waals surface area contributed by atoms with E-state index in [0.29, 0.717) is 0 Å². The maximum Gasteiger partial charge on any atom is 0.0702 e. The maximum atomic E-state index is 4.71. The number of para-hydroxylation sites is 2. The highest BCUT2D eigenvalue weighted by molar-refractivity contribution is 7.79. The van der Waals surface area contributed by atoms with Gasteiger partial charge in [0.1, 0.15) is 0 Å². The molecule has 0 N–H and O–H groups in total. The van der Waals surface area contributed by atoms with Gasteiger partial charge < -0.3 is 0 Å². The Morgan fingerprint density at radius 1 is 0.481 bits per heavy atom. The third-order valence-corrected chi connectivity index (χ3v) is 7.02. The predicted octanol–water partition coefficient (Wildman–Crippen LogP) is 4.54. The van der Waals surface area contributed by atoms with E-state index in [-0.39, 0.29) is 0 Å². The van der Waals surface area contributed by atoms with Crippen LogP contribution in [-0.2, 0) is 0 Å². The Bertz CT molecular complexity index is 1160. The van der Waals surface area contributed by atoms with E-state index >= 15 is 0 Å². The molecule has 128 valence electrons. The zero-order valence-corrected chi connectivity index (χ0v) is 15.6. The van der Waals surface area contributed by atoms with E-state index in [2.05, 4.69) is 78.9 Å². The van der Waals surface area contributed by atoms with Crippen LogP contribution < -0.4 is 15.9 Å². The molecule has 2 heterocycles. The number of hydrogen-bond acceptors (Lipinski definition) is 2. The lowest BCUT2D eigenvalue weighted by Gasteiger charge is -2.19. The summed E-state index contributed by atoms with van der Waals surface area (Å²) in [5, 5.41) is 6.14. The van der Waals surface area contributed by atoms with E-state index in [1.165, 1.54) is 26.7 Å². The molecule has 0 aliphatic carbocycles. The minimum absolute atomic E-state index is 0.717. The van der Waals surface area contributed by atoms with Crippen molar-refractivity contribution in [2.75, 3.05) is 0 Å². The number of aromatic nitrogens is 2. The highest BCUT2D eigenvalue weighted by Crippen LogP contribution is 2.33. The first-order valence-electron chi connectivity index (χ1n) is 8.93. The lowest BCUT2D eigenvalue weighted by Crippen LogP contribution is -2.21. The van der Waals surface area contributed by atoms with E-state index in [0.717, 1.165) is 11.0 Å². The number of rotatable bonds is 3. The number of hydrogen-bond donors (Lipinski definition) is 0. The van der Waals surface area contributed by atoms with Gasteiger partial charge in [0, 0.05) is 33.8 Å². The first-order valence-corrected chi connectivity index (χ1v) is 10.3. The summed E-state index contributed by atoms with van der Waals surface area (Å²) in [4.78, 5) is 9.42. The molecule has 0 amide bonds. The molecule has 0 atom stereocenters. The molecule has 27 heavy (non-hydrogen) atoms. The van der Waals surface area contributed by atoms with E-state index in [1.807, 2.05) is 24.5 Å². The van der Waals surface area contributed by atoms with Crippen LogP contribution in [0.2, 0.25) is 0 Å². The summed E-state index contributed by atoms with van der Waals surface area (Å²) in [6.07, 6.45) is 4.05. The number of benzene rings is 3. The summed E-state index contributed by atoms with van der Waals surface area (Å²) in [5.41, 5.74) is 2.06. The molecule has 0 fully saturated rings. The Morgan fingerprint density at radius 3 is 1.52 bits per heavy atom. The first-order chi connectivity index (χ1) is 13.4. The lowest BCUT2D eigenvalue weighted by atomic mass is 10.2. The Labute approximate surface area is 159 Å². The van der Waals surface area contributed by atoms with Gasteiger partial charge in [0.2, 0.25) is 0 Å². The molecule has 0 radical (unpaired) electrons. The molecule has 3 aromatic carbocycles. The molecule has 5 aromatic rings. The number of fused-ring (bicyclic) bond motifs is 2. The van der Waals surface area contributed by atoms with Crippen molar-refractivity contribution in [1.29, 1.82) is 0 Å². The van der Waals surface area contributed by atoms with Gasteiger partial charge in [-0.3, -0.25) is 9.97 Å².